The van der Waals surface area contributed by atoms with Crippen molar-refractivity contribution in [3.8, 4) is 17.0 Å². The summed E-state index contributed by atoms with van der Waals surface area (Å²) in [4.78, 5) is 6.65. The van der Waals surface area contributed by atoms with Gasteiger partial charge < -0.3 is 9.72 Å². The number of alkyl halides is 2. The molecule has 0 atom stereocenters. The van der Waals surface area contributed by atoms with Crippen LogP contribution < -0.4 is 4.74 Å². The molecule has 1 aromatic carbocycles. The monoisotopic (exact) mass is 210 g/mol. The lowest BCUT2D eigenvalue weighted by Gasteiger charge is -2.08. The summed E-state index contributed by atoms with van der Waals surface area (Å²) in [6.07, 6.45) is 3.03. The van der Waals surface area contributed by atoms with E-state index in [0.717, 1.165) is 0 Å². The predicted octanol–water partition coefficient (Wildman–Crippen LogP) is 2.68. The summed E-state index contributed by atoms with van der Waals surface area (Å²) in [6.45, 7) is -2.82. The Morgan fingerprint density at radius 2 is 2.07 bits per heavy atom. The summed E-state index contributed by atoms with van der Waals surface area (Å²) in [5.74, 6) is 0.136. The van der Waals surface area contributed by atoms with Gasteiger partial charge in [-0.25, -0.2) is 4.98 Å². The minimum atomic E-state index is -2.82. The largest absolute Gasteiger partial charge is 0.434 e. The van der Waals surface area contributed by atoms with E-state index in [0.29, 0.717) is 11.3 Å². The third kappa shape index (κ3) is 2.12. The zero-order valence-corrected chi connectivity index (χ0v) is 7.65. The summed E-state index contributed by atoms with van der Waals surface area (Å²) in [7, 11) is 0. The Hall–Kier alpha value is -1.91. The maximum atomic E-state index is 12.1. The molecule has 0 aliphatic rings. The maximum Gasteiger partial charge on any atom is 0.387 e. The first-order valence-electron chi connectivity index (χ1n) is 4.30. The van der Waals surface area contributed by atoms with E-state index in [1.165, 1.54) is 12.4 Å². The zero-order valence-electron chi connectivity index (χ0n) is 7.65. The van der Waals surface area contributed by atoms with Gasteiger partial charge in [-0.05, 0) is 12.1 Å². The smallest absolute Gasteiger partial charge is 0.387 e. The minimum absolute atomic E-state index is 0.136. The molecule has 78 valence electrons. The van der Waals surface area contributed by atoms with E-state index in [2.05, 4.69) is 14.7 Å². The fraction of sp³-hybridized carbons (Fsp3) is 0.100. The average molecular weight is 210 g/mol. The topological polar surface area (TPSA) is 37.9 Å². The van der Waals surface area contributed by atoms with Crippen molar-refractivity contribution in [2.45, 2.75) is 6.61 Å². The molecule has 0 radical (unpaired) electrons. The standard InChI is InChI=1S/C10H8F2N2O/c11-10(12)15-9-4-2-1-3-7(9)8-5-13-6-14-8/h1-6,10H,(H,13,14). The van der Waals surface area contributed by atoms with E-state index in [-0.39, 0.29) is 5.75 Å². The van der Waals surface area contributed by atoms with Gasteiger partial charge in [-0.2, -0.15) is 8.78 Å². The molecular weight excluding hydrogens is 202 g/mol. The Kier molecular flexibility index (Phi) is 2.62. The van der Waals surface area contributed by atoms with Crippen molar-refractivity contribution in [1.82, 2.24) is 9.97 Å². The molecule has 0 amide bonds. The first-order chi connectivity index (χ1) is 7.27. The van der Waals surface area contributed by atoms with Crippen LogP contribution in [0.5, 0.6) is 5.75 Å². The van der Waals surface area contributed by atoms with Gasteiger partial charge in [0.05, 0.1) is 18.2 Å². The number of nitrogens with zero attached hydrogens (tertiary/aromatic N) is 1. The molecule has 0 spiro atoms. The number of ether oxygens (including phenoxy) is 1. The molecular formula is C10H8F2N2O. The third-order valence-corrected chi connectivity index (χ3v) is 1.89. The summed E-state index contributed by atoms with van der Waals surface area (Å²) in [5.41, 5.74) is 1.21. The Balaban J connectivity index is 2.38. The van der Waals surface area contributed by atoms with Gasteiger partial charge in [0.15, 0.2) is 0 Å². The van der Waals surface area contributed by atoms with Crippen LogP contribution in [0.15, 0.2) is 36.8 Å². The second-order valence-corrected chi connectivity index (χ2v) is 2.84. The van der Waals surface area contributed by atoms with Gasteiger partial charge in [0.1, 0.15) is 5.75 Å². The number of aromatic amines is 1. The highest BCUT2D eigenvalue weighted by molar-refractivity contribution is 5.66. The average Bonchev–Trinajstić information content (AvgIpc) is 2.70. The highest BCUT2D eigenvalue weighted by atomic mass is 19.3. The molecule has 0 saturated carbocycles. The van der Waals surface area contributed by atoms with Gasteiger partial charge in [0, 0.05) is 5.56 Å². The molecule has 0 saturated heterocycles. The Morgan fingerprint density at radius 1 is 1.27 bits per heavy atom. The van der Waals surface area contributed by atoms with Crippen molar-refractivity contribution >= 4 is 0 Å². The van der Waals surface area contributed by atoms with E-state index >= 15 is 0 Å². The van der Waals surface area contributed by atoms with Crippen LogP contribution >= 0.6 is 0 Å². The van der Waals surface area contributed by atoms with E-state index in [1.54, 1.807) is 24.4 Å². The molecule has 1 heterocycles. The third-order valence-electron chi connectivity index (χ3n) is 1.89. The first kappa shape index (κ1) is 9.64. The number of hydrogen-bond donors (Lipinski definition) is 1. The summed E-state index contributed by atoms with van der Waals surface area (Å²) >= 11 is 0. The number of H-pyrrole nitrogens is 1. The Bertz CT molecular complexity index is 429. The number of rotatable bonds is 3. The molecule has 2 rings (SSSR count). The van der Waals surface area contributed by atoms with Crippen LogP contribution in [-0.4, -0.2) is 16.6 Å². The SMILES string of the molecule is FC(F)Oc1ccccc1-c1cnc[nH]1. The number of para-hydroxylation sites is 1. The van der Waals surface area contributed by atoms with Crippen molar-refractivity contribution in [2.24, 2.45) is 0 Å². The number of imidazole rings is 1. The maximum absolute atomic E-state index is 12.1. The first-order valence-corrected chi connectivity index (χ1v) is 4.30. The molecule has 3 nitrogen and oxygen atoms in total. The molecule has 2 aromatic rings. The number of nitrogens with one attached hydrogen (secondary N) is 1. The van der Waals surface area contributed by atoms with Crippen molar-refractivity contribution in [3.63, 3.8) is 0 Å². The van der Waals surface area contributed by atoms with Crippen molar-refractivity contribution < 1.29 is 13.5 Å². The van der Waals surface area contributed by atoms with Crippen LogP contribution in [0.4, 0.5) is 8.78 Å². The lowest BCUT2D eigenvalue weighted by atomic mass is 10.1. The Morgan fingerprint density at radius 3 is 2.73 bits per heavy atom. The van der Waals surface area contributed by atoms with Gasteiger partial charge in [0.25, 0.3) is 0 Å². The zero-order chi connectivity index (χ0) is 10.7. The molecule has 0 unspecified atom stereocenters. The van der Waals surface area contributed by atoms with E-state index < -0.39 is 6.61 Å². The van der Waals surface area contributed by atoms with Crippen LogP contribution in [0.25, 0.3) is 11.3 Å². The number of halogens is 2. The van der Waals surface area contributed by atoms with Crippen LogP contribution in [-0.2, 0) is 0 Å². The van der Waals surface area contributed by atoms with Crippen LogP contribution in [0, 0.1) is 0 Å². The molecule has 1 aromatic heterocycles. The lowest BCUT2D eigenvalue weighted by molar-refractivity contribution is -0.0494. The molecule has 15 heavy (non-hydrogen) atoms. The van der Waals surface area contributed by atoms with Gasteiger partial charge in [-0.15, -0.1) is 0 Å². The highest BCUT2D eigenvalue weighted by Gasteiger charge is 2.10. The van der Waals surface area contributed by atoms with Crippen molar-refractivity contribution in [1.29, 1.82) is 0 Å². The minimum Gasteiger partial charge on any atom is -0.434 e. The highest BCUT2D eigenvalue weighted by Crippen LogP contribution is 2.28. The molecule has 1 N–H and O–H groups in total. The lowest BCUT2D eigenvalue weighted by Crippen LogP contribution is -2.02. The number of hydrogen-bond acceptors (Lipinski definition) is 2. The predicted molar refractivity (Wildman–Crippen MR) is 50.7 cm³/mol. The molecule has 0 aliphatic heterocycles. The van der Waals surface area contributed by atoms with E-state index in [9.17, 15) is 8.78 Å². The van der Waals surface area contributed by atoms with E-state index in [4.69, 9.17) is 0 Å². The van der Waals surface area contributed by atoms with Gasteiger partial charge in [0.2, 0.25) is 0 Å². The van der Waals surface area contributed by atoms with Crippen LogP contribution in [0.2, 0.25) is 0 Å². The van der Waals surface area contributed by atoms with Crippen molar-refractivity contribution in [3.05, 3.63) is 36.8 Å². The summed E-state index contributed by atoms with van der Waals surface area (Å²) in [5, 5.41) is 0. The summed E-state index contributed by atoms with van der Waals surface area (Å²) in [6, 6.07) is 6.56. The van der Waals surface area contributed by atoms with Gasteiger partial charge in [-0.1, -0.05) is 12.1 Å². The summed E-state index contributed by atoms with van der Waals surface area (Å²) < 4.78 is 28.6. The second kappa shape index (κ2) is 4.08. The van der Waals surface area contributed by atoms with E-state index in [1.807, 2.05) is 0 Å². The van der Waals surface area contributed by atoms with Gasteiger partial charge in [-0.3, -0.25) is 0 Å². The van der Waals surface area contributed by atoms with Crippen LogP contribution in [0.1, 0.15) is 0 Å². The number of aromatic nitrogens is 2. The fourth-order valence-corrected chi connectivity index (χ4v) is 1.29. The second-order valence-electron chi connectivity index (χ2n) is 2.84. The molecule has 0 fully saturated rings. The molecule has 0 bridgehead atoms. The molecule has 5 heteroatoms. The number of benzene rings is 1. The van der Waals surface area contributed by atoms with Crippen LogP contribution in [0.3, 0.4) is 0 Å². The Labute approximate surface area is 84.7 Å². The van der Waals surface area contributed by atoms with Crippen molar-refractivity contribution in [2.75, 3.05) is 0 Å². The quantitative estimate of drug-likeness (QED) is 0.845. The fourth-order valence-electron chi connectivity index (χ4n) is 1.29. The molecule has 0 aliphatic carbocycles. The normalized spacial score (nSPS) is 10.6. The van der Waals surface area contributed by atoms with Gasteiger partial charge >= 0.3 is 6.61 Å².